The van der Waals surface area contributed by atoms with E-state index in [2.05, 4.69) is 0 Å². The van der Waals surface area contributed by atoms with Crippen molar-refractivity contribution in [1.29, 1.82) is 0 Å². The van der Waals surface area contributed by atoms with Crippen LogP contribution in [0.2, 0.25) is 0 Å². The van der Waals surface area contributed by atoms with Gasteiger partial charge in [-0.05, 0) is 60.0 Å². The number of benzene rings is 4. The van der Waals surface area contributed by atoms with E-state index in [1.54, 1.807) is 51.7 Å². The maximum atomic E-state index is 14.4. The zero-order chi connectivity index (χ0) is 26.9. The predicted octanol–water partition coefficient (Wildman–Crippen LogP) is 6.40. The van der Waals surface area contributed by atoms with Gasteiger partial charge in [-0.15, -0.1) is 0 Å². The van der Waals surface area contributed by atoms with Crippen LogP contribution in [0.25, 0.3) is 5.57 Å². The molecule has 0 spiro atoms. The van der Waals surface area contributed by atoms with Crippen molar-refractivity contribution in [2.24, 2.45) is 0 Å². The molecule has 0 saturated heterocycles. The van der Waals surface area contributed by atoms with Crippen molar-refractivity contribution in [2.45, 2.75) is 17.9 Å². The monoisotopic (exact) mass is 527 g/mol. The van der Waals surface area contributed by atoms with E-state index >= 15 is 0 Å². The highest BCUT2D eigenvalue weighted by Crippen LogP contribution is 2.49. The van der Waals surface area contributed by atoms with Crippen molar-refractivity contribution in [3.05, 3.63) is 119 Å². The van der Waals surface area contributed by atoms with Gasteiger partial charge in [0.15, 0.2) is 11.5 Å². The minimum Gasteiger partial charge on any atom is -0.497 e. The van der Waals surface area contributed by atoms with Crippen molar-refractivity contribution >= 4 is 21.3 Å². The zero-order valence-corrected chi connectivity index (χ0v) is 22.5. The molecule has 6 nitrogen and oxygen atoms in total. The summed E-state index contributed by atoms with van der Waals surface area (Å²) in [7, 11) is 0.722. The van der Waals surface area contributed by atoms with Crippen LogP contribution in [-0.4, -0.2) is 29.7 Å². The van der Waals surface area contributed by atoms with E-state index in [0.717, 1.165) is 27.8 Å². The second-order valence-electron chi connectivity index (χ2n) is 9.00. The van der Waals surface area contributed by atoms with Gasteiger partial charge in [-0.1, -0.05) is 60.2 Å². The summed E-state index contributed by atoms with van der Waals surface area (Å²) in [5.41, 5.74) is 4.88. The van der Waals surface area contributed by atoms with Gasteiger partial charge in [0, 0.05) is 11.6 Å². The normalized spacial score (nSPS) is 14.9. The lowest BCUT2D eigenvalue weighted by Crippen LogP contribution is -2.37. The van der Waals surface area contributed by atoms with E-state index in [1.165, 1.54) is 4.31 Å². The summed E-state index contributed by atoms with van der Waals surface area (Å²) in [6, 6.07) is 27.2. The summed E-state index contributed by atoms with van der Waals surface area (Å²) in [6.45, 7) is 1.93. The Balaban J connectivity index is 1.82. The Morgan fingerprint density at radius 2 is 1.37 bits per heavy atom. The van der Waals surface area contributed by atoms with Crippen molar-refractivity contribution in [3.63, 3.8) is 0 Å². The van der Waals surface area contributed by atoms with E-state index < -0.39 is 16.1 Å². The van der Waals surface area contributed by atoms with Crippen molar-refractivity contribution in [1.82, 2.24) is 0 Å². The number of nitrogens with zero attached hydrogens (tertiary/aromatic N) is 1. The second kappa shape index (κ2) is 10.3. The van der Waals surface area contributed by atoms with Crippen molar-refractivity contribution < 1.29 is 22.6 Å². The zero-order valence-electron chi connectivity index (χ0n) is 21.7. The third-order valence-corrected chi connectivity index (χ3v) is 8.54. The number of methoxy groups -OCH3 is 3. The molecule has 4 aromatic carbocycles. The van der Waals surface area contributed by atoms with Crippen LogP contribution in [0.4, 0.5) is 5.69 Å². The molecule has 194 valence electrons. The second-order valence-corrected chi connectivity index (χ2v) is 10.8. The molecule has 0 aromatic heterocycles. The number of hydrogen-bond donors (Lipinski definition) is 0. The molecule has 0 fully saturated rings. The summed E-state index contributed by atoms with van der Waals surface area (Å²) in [4.78, 5) is 0.207. The summed E-state index contributed by atoms with van der Waals surface area (Å²) < 4.78 is 46.8. The topological polar surface area (TPSA) is 65.1 Å². The molecule has 7 heteroatoms. The van der Waals surface area contributed by atoms with Crippen LogP contribution in [0.1, 0.15) is 28.3 Å². The molecule has 0 amide bonds. The van der Waals surface area contributed by atoms with E-state index in [4.69, 9.17) is 14.2 Å². The third kappa shape index (κ3) is 4.50. The standard InChI is InChI=1S/C31H29NO5S/c1-21-10-16-25(17-11-21)38(33,34)32-28(23-12-14-24(35-2)15-13-23)18-26(22-8-6-5-7-9-22)27-19-30(36-3)31(37-4)20-29(27)32/h5-20,28H,1-4H3. The van der Waals surface area contributed by atoms with Gasteiger partial charge < -0.3 is 14.2 Å². The summed E-state index contributed by atoms with van der Waals surface area (Å²) in [5, 5.41) is 0. The number of sulfonamides is 1. The van der Waals surface area contributed by atoms with Crippen LogP contribution < -0.4 is 18.5 Å². The smallest absolute Gasteiger partial charge is 0.265 e. The Labute approximate surface area is 223 Å². The highest BCUT2D eigenvalue weighted by atomic mass is 32.2. The first-order chi connectivity index (χ1) is 18.4. The summed E-state index contributed by atoms with van der Waals surface area (Å²) >= 11 is 0. The Kier molecular flexibility index (Phi) is 6.87. The van der Waals surface area contributed by atoms with E-state index in [0.29, 0.717) is 22.9 Å². The highest BCUT2D eigenvalue weighted by Gasteiger charge is 2.38. The molecule has 0 aliphatic carbocycles. The lowest BCUT2D eigenvalue weighted by Gasteiger charge is -2.37. The average molecular weight is 528 g/mol. The van der Waals surface area contributed by atoms with Crippen LogP contribution in [0, 0.1) is 6.92 Å². The van der Waals surface area contributed by atoms with E-state index in [9.17, 15) is 8.42 Å². The fourth-order valence-corrected chi connectivity index (χ4v) is 6.34. The Morgan fingerprint density at radius 1 is 0.737 bits per heavy atom. The first kappa shape index (κ1) is 25.4. The van der Waals surface area contributed by atoms with Gasteiger partial charge in [0.05, 0.1) is 38.0 Å². The molecule has 1 atom stereocenters. The van der Waals surface area contributed by atoms with E-state index in [-0.39, 0.29) is 4.90 Å². The van der Waals surface area contributed by atoms with Gasteiger partial charge in [-0.3, -0.25) is 4.31 Å². The van der Waals surface area contributed by atoms with Crippen LogP contribution >= 0.6 is 0 Å². The number of fused-ring (bicyclic) bond motifs is 1. The molecule has 5 rings (SSSR count). The van der Waals surface area contributed by atoms with Gasteiger partial charge >= 0.3 is 0 Å². The Morgan fingerprint density at radius 3 is 1.97 bits per heavy atom. The molecule has 38 heavy (non-hydrogen) atoms. The molecule has 0 bridgehead atoms. The molecule has 1 heterocycles. The van der Waals surface area contributed by atoms with Crippen molar-refractivity contribution in [2.75, 3.05) is 25.6 Å². The fourth-order valence-electron chi connectivity index (χ4n) is 4.74. The summed E-state index contributed by atoms with van der Waals surface area (Å²) in [5.74, 6) is 1.65. The first-order valence-electron chi connectivity index (χ1n) is 12.2. The molecule has 1 aliphatic heterocycles. The van der Waals surface area contributed by atoms with Gasteiger partial charge in [-0.2, -0.15) is 0 Å². The van der Waals surface area contributed by atoms with Crippen LogP contribution in [0.5, 0.6) is 17.2 Å². The number of aryl methyl sites for hydroxylation is 1. The number of ether oxygens (including phenoxy) is 3. The predicted molar refractivity (Wildman–Crippen MR) is 150 cm³/mol. The van der Waals surface area contributed by atoms with Gasteiger partial charge in [0.1, 0.15) is 5.75 Å². The first-order valence-corrected chi connectivity index (χ1v) is 13.6. The maximum absolute atomic E-state index is 14.4. The van der Waals surface area contributed by atoms with Crippen molar-refractivity contribution in [3.8, 4) is 17.2 Å². The van der Waals surface area contributed by atoms with Crippen LogP contribution in [0.15, 0.2) is 102 Å². The molecule has 0 saturated carbocycles. The lowest BCUT2D eigenvalue weighted by atomic mass is 9.89. The SMILES string of the molecule is COc1ccc(C2C=C(c3ccccc3)c3cc(OC)c(OC)cc3N2S(=O)(=O)c2ccc(C)cc2)cc1. The van der Waals surface area contributed by atoms with Gasteiger partial charge in [0.25, 0.3) is 10.0 Å². The minimum atomic E-state index is -3.99. The molecule has 0 N–H and O–H groups in total. The highest BCUT2D eigenvalue weighted by molar-refractivity contribution is 7.92. The number of rotatable bonds is 7. The van der Waals surface area contributed by atoms with Crippen LogP contribution in [-0.2, 0) is 10.0 Å². The van der Waals surface area contributed by atoms with E-state index in [1.807, 2.05) is 73.7 Å². The maximum Gasteiger partial charge on any atom is 0.265 e. The van der Waals surface area contributed by atoms with Gasteiger partial charge in [0.2, 0.25) is 0 Å². The fraction of sp³-hybridized carbons (Fsp3) is 0.161. The Hall–Kier alpha value is -4.23. The minimum absolute atomic E-state index is 0.207. The Bertz CT molecular complexity index is 1580. The summed E-state index contributed by atoms with van der Waals surface area (Å²) in [6.07, 6.45) is 2.00. The molecule has 0 radical (unpaired) electrons. The number of anilines is 1. The quantitative estimate of drug-likeness (QED) is 0.278. The molecule has 1 aliphatic rings. The lowest BCUT2D eigenvalue weighted by molar-refractivity contribution is 0.355. The van der Waals surface area contributed by atoms with Gasteiger partial charge in [-0.25, -0.2) is 8.42 Å². The molecule has 1 unspecified atom stereocenters. The third-order valence-electron chi connectivity index (χ3n) is 6.73. The molecule has 4 aromatic rings. The largest absolute Gasteiger partial charge is 0.497 e. The molecular weight excluding hydrogens is 498 g/mol. The molecular formula is C31H29NO5S. The number of hydrogen-bond acceptors (Lipinski definition) is 5. The average Bonchev–Trinajstić information content (AvgIpc) is 2.96. The van der Waals surface area contributed by atoms with Crippen LogP contribution in [0.3, 0.4) is 0 Å².